The van der Waals surface area contributed by atoms with Crippen LogP contribution in [0, 0.1) is 23.2 Å². The largest absolute Gasteiger partial charge is 0.303 e. The van der Waals surface area contributed by atoms with Crippen LogP contribution in [0.5, 0.6) is 0 Å². The molecule has 4 heteroatoms. The fourth-order valence-electron chi connectivity index (χ4n) is 3.33. The van der Waals surface area contributed by atoms with Gasteiger partial charge in [0.25, 0.3) is 5.91 Å². The van der Waals surface area contributed by atoms with Crippen molar-refractivity contribution in [2.24, 2.45) is 11.8 Å². The molecular formula is C15H23N3O. The average molecular weight is 261 g/mol. The minimum Gasteiger partial charge on any atom is -0.303 e. The van der Waals surface area contributed by atoms with E-state index in [0.29, 0.717) is 5.92 Å². The summed E-state index contributed by atoms with van der Waals surface area (Å²) in [6.07, 6.45) is 12.4. The van der Waals surface area contributed by atoms with Gasteiger partial charge in [0.15, 0.2) is 0 Å². The molecule has 19 heavy (non-hydrogen) atoms. The number of rotatable bonds is 4. The van der Waals surface area contributed by atoms with E-state index < -0.39 is 0 Å². The Morgan fingerprint density at radius 1 is 1.26 bits per heavy atom. The molecule has 0 saturated heterocycles. The topological polar surface area (TPSA) is 64.9 Å². The maximum Gasteiger partial charge on any atom is 0.252 e. The van der Waals surface area contributed by atoms with Gasteiger partial charge in [-0.25, -0.2) is 0 Å². The summed E-state index contributed by atoms with van der Waals surface area (Å²) in [7, 11) is 0. The second-order valence-electron chi connectivity index (χ2n) is 5.60. The number of hydrogen-bond acceptors (Lipinski definition) is 3. The number of hydrazine groups is 1. The first kappa shape index (κ1) is 13.9. The first-order chi connectivity index (χ1) is 9.31. The summed E-state index contributed by atoms with van der Waals surface area (Å²) in [5, 5.41) is 8.48. The van der Waals surface area contributed by atoms with Gasteiger partial charge in [0.05, 0.1) is 6.07 Å². The smallest absolute Gasteiger partial charge is 0.252 e. The van der Waals surface area contributed by atoms with Crippen LogP contribution in [-0.2, 0) is 4.79 Å². The molecule has 0 aromatic heterocycles. The molecule has 1 fully saturated rings. The fourth-order valence-corrected chi connectivity index (χ4v) is 3.33. The zero-order valence-electron chi connectivity index (χ0n) is 11.5. The minimum absolute atomic E-state index is 0.0889. The summed E-state index contributed by atoms with van der Waals surface area (Å²) in [5.41, 5.74) is 6.88. The molecule has 1 saturated carbocycles. The number of allylic oxidation sites excluding steroid dienone is 2. The van der Waals surface area contributed by atoms with E-state index in [0.717, 1.165) is 12.3 Å². The molecule has 0 aromatic carbocycles. The van der Waals surface area contributed by atoms with Gasteiger partial charge >= 0.3 is 0 Å². The van der Waals surface area contributed by atoms with Gasteiger partial charge in [0, 0.05) is 11.6 Å². The molecule has 2 rings (SSSR count). The summed E-state index contributed by atoms with van der Waals surface area (Å²) in [4.78, 5) is 11.3. The third-order valence-electron chi connectivity index (χ3n) is 4.29. The first-order valence-corrected chi connectivity index (χ1v) is 7.43. The van der Waals surface area contributed by atoms with E-state index in [2.05, 4.69) is 16.9 Å². The average Bonchev–Trinajstić information content (AvgIpc) is 2.47. The Morgan fingerprint density at radius 3 is 2.79 bits per heavy atom. The maximum atomic E-state index is 11.3. The predicted molar refractivity (Wildman–Crippen MR) is 73.5 cm³/mol. The van der Waals surface area contributed by atoms with Gasteiger partial charge in [-0.3, -0.25) is 10.2 Å². The lowest BCUT2D eigenvalue weighted by molar-refractivity contribution is -0.120. The Labute approximate surface area is 115 Å². The van der Waals surface area contributed by atoms with Crippen LogP contribution in [0.4, 0.5) is 0 Å². The van der Waals surface area contributed by atoms with Crippen molar-refractivity contribution in [1.82, 2.24) is 10.9 Å². The third-order valence-corrected chi connectivity index (χ3v) is 4.29. The van der Waals surface area contributed by atoms with E-state index in [9.17, 15) is 4.79 Å². The Bertz CT molecular complexity index is 377. The molecule has 1 atom stereocenters. The van der Waals surface area contributed by atoms with Crippen LogP contribution in [0.25, 0.3) is 0 Å². The molecule has 0 unspecified atom stereocenters. The van der Waals surface area contributed by atoms with E-state index in [1.165, 1.54) is 50.6 Å². The van der Waals surface area contributed by atoms with Crippen molar-refractivity contribution in [3.05, 3.63) is 11.8 Å². The zero-order valence-corrected chi connectivity index (χ0v) is 11.5. The Hall–Kier alpha value is -1.50. The monoisotopic (exact) mass is 261 g/mol. The molecule has 0 radical (unpaired) electrons. The van der Waals surface area contributed by atoms with Gasteiger partial charge in [-0.05, 0) is 38.0 Å². The highest BCUT2D eigenvalue weighted by molar-refractivity contribution is 5.77. The molecule has 104 valence electrons. The Morgan fingerprint density at radius 2 is 2.05 bits per heavy atom. The van der Waals surface area contributed by atoms with Gasteiger partial charge in [-0.2, -0.15) is 5.26 Å². The predicted octanol–water partition coefficient (Wildman–Crippen LogP) is 2.79. The van der Waals surface area contributed by atoms with Crippen LogP contribution in [0.1, 0.15) is 57.8 Å². The van der Waals surface area contributed by atoms with Crippen molar-refractivity contribution < 1.29 is 4.79 Å². The number of carbonyl (C=O) groups excluding carboxylic acids is 1. The van der Waals surface area contributed by atoms with Gasteiger partial charge in [0.1, 0.15) is 6.42 Å². The second-order valence-corrected chi connectivity index (χ2v) is 5.60. The van der Waals surface area contributed by atoms with E-state index in [4.69, 9.17) is 5.26 Å². The molecule has 0 heterocycles. The van der Waals surface area contributed by atoms with Gasteiger partial charge < -0.3 is 5.43 Å². The number of hydrogen-bond donors (Lipinski definition) is 2. The molecule has 4 nitrogen and oxygen atoms in total. The van der Waals surface area contributed by atoms with Gasteiger partial charge in [-0.15, -0.1) is 0 Å². The highest BCUT2D eigenvalue weighted by atomic mass is 16.2. The van der Waals surface area contributed by atoms with Gasteiger partial charge in [-0.1, -0.05) is 25.3 Å². The molecule has 2 aliphatic carbocycles. The lowest BCUT2D eigenvalue weighted by Gasteiger charge is -2.34. The van der Waals surface area contributed by atoms with Crippen molar-refractivity contribution in [1.29, 1.82) is 5.26 Å². The van der Waals surface area contributed by atoms with Crippen molar-refractivity contribution in [3.8, 4) is 6.07 Å². The minimum atomic E-state index is -0.253. The lowest BCUT2D eigenvalue weighted by Crippen LogP contribution is -2.40. The zero-order chi connectivity index (χ0) is 13.5. The van der Waals surface area contributed by atoms with E-state index >= 15 is 0 Å². The number of nitrogens with one attached hydrogen (secondary N) is 2. The van der Waals surface area contributed by atoms with Crippen molar-refractivity contribution in [2.75, 3.05) is 0 Å². The first-order valence-electron chi connectivity index (χ1n) is 7.43. The second kappa shape index (κ2) is 7.18. The molecule has 0 bridgehead atoms. The van der Waals surface area contributed by atoms with Crippen LogP contribution >= 0.6 is 0 Å². The van der Waals surface area contributed by atoms with Crippen LogP contribution in [-0.4, -0.2) is 5.91 Å². The van der Waals surface area contributed by atoms with Crippen LogP contribution < -0.4 is 10.9 Å². The quantitative estimate of drug-likeness (QED) is 0.765. The van der Waals surface area contributed by atoms with Gasteiger partial charge in [0.2, 0.25) is 0 Å². The Kier molecular flexibility index (Phi) is 5.26. The summed E-state index contributed by atoms with van der Waals surface area (Å²) in [6, 6.07) is 1.86. The number of carbonyl (C=O) groups is 1. The summed E-state index contributed by atoms with van der Waals surface area (Å²) < 4.78 is 0. The molecule has 2 N–H and O–H groups in total. The Balaban J connectivity index is 1.90. The van der Waals surface area contributed by atoms with Crippen LogP contribution in [0.3, 0.4) is 0 Å². The number of nitrogens with zero attached hydrogens (tertiary/aromatic N) is 1. The van der Waals surface area contributed by atoms with E-state index in [1.54, 1.807) is 0 Å². The van der Waals surface area contributed by atoms with Crippen LogP contribution in [0.2, 0.25) is 0 Å². The summed E-state index contributed by atoms with van der Waals surface area (Å²) in [6.45, 7) is 0. The third kappa shape index (κ3) is 3.99. The standard InChI is InChI=1S/C15H23N3O/c16-11-10-15(19)18-17-14-9-5-4-8-13(14)12-6-2-1-3-7-12/h9,12-13,17H,1-8,10H2,(H,18,19)/t13-/m1/s1. The molecule has 0 aliphatic heterocycles. The van der Waals surface area contributed by atoms with Crippen LogP contribution in [0.15, 0.2) is 11.8 Å². The molecule has 0 aromatic rings. The fraction of sp³-hybridized carbons (Fsp3) is 0.733. The summed E-state index contributed by atoms with van der Waals surface area (Å²) in [5.74, 6) is 1.08. The molecule has 0 spiro atoms. The normalized spacial score (nSPS) is 24.2. The van der Waals surface area contributed by atoms with Crippen molar-refractivity contribution >= 4 is 5.91 Å². The molecule has 1 amide bonds. The SMILES string of the molecule is N#CCC(=O)NNC1=CCCC[C@@H]1C1CCCCC1. The molecular weight excluding hydrogens is 238 g/mol. The maximum absolute atomic E-state index is 11.3. The number of amides is 1. The van der Waals surface area contributed by atoms with E-state index in [1.807, 2.05) is 6.07 Å². The molecule has 2 aliphatic rings. The number of nitriles is 1. The van der Waals surface area contributed by atoms with Crippen molar-refractivity contribution in [3.63, 3.8) is 0 Å². The van der Waals surface area contributed by atoms with E-state index in [-0.39, 0.29) is 12.3 Å². The van der Waals surface area contributed by atoms with Crippen molar-refractivity contribution in [2.45, 2.75) is 57.8 Å². The highest BCUT2D eigenvalue weighted by Crippen LogP contribution is 2.37. The lowest BCUT2D eigenvalue weighted by atomic mass is 9.74. The summed E-state index contributed by atoms with van der Waals surface area (Å²) >= 11 is 0. The highest BCUT2D eigenvalue weighted by Gasteiger charge is 2.28.